The Morgan fingerprint density at radius 2 is 2.36 bits per heavy atom. The second-order valence-corrected chi connectivity index (χ2v) is 3.88. The third-order valence-electron chi connectivity index (χ3n) is 1.95. The maximum atomic E-state index is 11.6. The first-order valence-corrected chi connectivity index (χ1v) is 4.82. The first-order chi connectivity index (χ1) is 6.59. The van der Waals surface area contributed by atoms with Gasteiger partial charge >= 0.3 is 0 Å². The van der Waals surface area contributed by atoms with Crippen LogP contribution in [0.15, 0.2) is 12.4 Å². The van der Waals surface area contributed by atoms with Crippen LogP contribution in [0.2, 0.25) is 0 Å². The Morgan fingerprint density at radius 3 is 2.86 bits per heavy atom. The molecule has 0 aromatic carbocycles. The molecule has 0 saturated heterocycles. The van der Waals surface area contributed by atoms with E-state index in [1.165, 1.54) is 0 Å². The molecule has 0 aliphatic carbocycles. The molecule has 1 aromatic rings. The highest BCUT2D eigenvalue weighted by atomic mass is 16.2. The van der Waals surface area contributed by atoms with Gasteiger partial charge in [-0.25, -0.2) is 4.98 Å². The van der Waals surface area contributed by atoms with Gasteiger partial charge in [0.25, 0.3) is 0 Å². The van der Waals surface area contributed by atoms with Crippen molar-refractivity contribution < 1.29 is 4.79 Å². The fourth-order valence-electron chi connectivity index (χ4n) is 1.20. The van der Waals surface area contributed by atoms with Crippen LogP contribution in [0.5, 0.6) is 0 Å². The molecule has 78 valence electrons. The van der Waals surface area contributed by atoms with Crippen LogP contribution in [-0.2, 0) is 11.3 Å². The van der Waals surface area contributed by atoms with Gasteiger partial charge in [-0.3, -0.25) is 4.79 Å². The second-order valence-electron chi connectivity index (χ2n) is 3.88. The molecular weight excluding hydrogens is 178 g/mol. The van der Waals surface area contributed by atoms with Crippen LogP contribution < -0.4 is 0 Å². The number of carbonyl (C=O) groups is 1. The predicted octanol–water partition coefficient (Wildman–Crippen LogP) is 1.41. The molecule has 0 fully saturated rings. The molecule has 1 aromatic heterocycles. The molecule has 1 rings (SSSR count). The Labute approximate surface area is 84.3 Å². The average molecular weight is 195 g/mol. The van der Waals surface area contributed by atoms with Crippen molar-refractivity contribution in [2.75, 3.05) is 7.05 Å². The summed E-state index contributed by atoms with van der Waals surface area (Å²) in [5.41, 5.74) is 0. The van der Waals surface area contributed by atoms with Crippen LogP contribution in [0.3, 0.4) is 0 Å². The third-order valence-corrected chi connectivity index (χ3v) is 1.95. The van der Waals surface area contributed by atoms with E-state index in [0.29, 0.717) is 18.9 Å². The zero-order valence-corrected chi connectivity index (χ0v) is 8.95. The highest BCUT2D eigenvalue weighted by Gasteiger charge is 2.11. The van der Waals surface area contributed by atoms with Crippen molar-refractivity contribution in [1.82, 2.24) is 14.9 Å². The average Bonchev–Trinajstić information content (AvgIpc) is 2.55. The van der Waals surface area contributed by atoms with Crippen molar-refractivity contribution in [3.63, 3.8) is 0 Å². The fraction of sp³-hybridized carbons (Fsp3) is 0.600. The molecule has 0 bridgehead atoms. The van der Waals surface area contributed by atoms with E-state index in [9.17, 15) is 4.79 Å². The highest BCUT2D eigenvalue weighted by molar-refractivity contribution is 5.75. The number of rotatable bonds is 4. The van der Waals surface area contributed by atoms with Gasteiger partial charge in [0.05, 0.1) is 6.54 Å². The zero-order valence-electron chi connectivity index (χ0n) is 8.95. The summed E-state index contributed by atoms with van der Waals surface area (Å²) < 4.78 is 0. The van der Waals surface area contributed by atoms with Crippen LogP contribution in [-0.4, -0.2) is 27.8 Å². The topological polar surface area (TPSA) is 49.0 Å². The molecule has 0 atom stereocenters. The van der Waals surface area contributed by atoms with Gasteiger partial charge in [0.2, 0.25) is 5.91 Å². The van der Waals surface area contributed by atoms with Crippen molar-refractivity contribution >= 4 is 5.91 Å². The van der Waals surface area contributed by atoms with E-state index in [0.717, 1.165) is 5.82 Å². The minimum absolute atomic E-state index is 0.163. The fourth-order valence-corrected chi connectivity index (χ4v) is 1.20. The first-order valence-electron chi connectivity index (χ1n) is 4.82. The van der Waals surface area contributed by atoms with E-state index in [2.05, 4.69) is 9.97 Å². The summed E-state index contributed by atoms with van der Waals surface area (Å²) >= 11 is 0. The lowest BCUT2D eigenvalue weighted by molar-refractivity contribution is -0.131. The summed E-state index contributed by atoms with van der Waals surface area (Å²) in [6, 6.07) is 0. The van der Waals surface area contributed by atoms with Gasteiger partial charge < -0.3 is 9.88 Å². The van der Waals surface area contributed by atoms with Gasteiger partial charge in [-0.1, -0.05) is 13.8 Å². The van der Waals surface area contributed by atoms with Gasteiger partial charge in [0, 0.05) is 25.9 Å². The van der Waals surface area contributed by atoms with Crippen LogP contribution in [0.1, 0.15) is 26.1 Å². The van der Waals surface area contributed by atoms with E-state index >= 15 is 0 Å². The highest BCUT2D eigenvalue weighted by Crippen LogP contribution is 2.04. The summed E-state index contributed by atoms with van der Waals surface area (Å²) in [5, 5.41) is 0. The summed E-state index contributed by atoms with van der Waals surface area (Å²) in [5.74, 6) is 1.39. The van der Waals surface area contributed by atoms with Crippen molar-refractivity contribution in [1.29, 1.82) is 0 Å². The normalized spacial score (nSPS) is 10.6. The smallest absolute Gasteiger partial charge is 0.222 e. The van der Waals surface area contributed by atoms with Gasteiger partial charge in [0.15, 0.2) is 0 Å². The standard InChI is InChI=1S/C10H17N3O/c1-8(2)6-10(14)13(3)7-9-11-4-5-12-9/h4-5,8H,6-7H2,1-3H3,(H,11,12). The Kier molecular flexibility index (Phi) is 3.68. The molecule has 0 aliphatic heterocycles. The van der Waals surface area contributed by atoms with Crippen molar-refractivity contribution in [3.8, 4) is 0 Å². The summed E-state index contributed by atoms with van der Waals surface area (Å²) in [6.07, 6.45) is 4.05. The molecule has 0 spiro atoms. The lowest BCUT2D eigenvalue weighted by Gasteiger charge is -2.16. The Balaban J connectivity index is 2.42. The number of hydrogen-bond acceptors (Lipinski definition) is 2. The molecule has 14 heavy (non-hydrogen) atoms. The second kappa shape index (κ2) is 4.79. The van der Waals surface area contributed by atoms with Crippen LogP contribution in [0.25, 0.3) is 0 Å². The molecule has 4 nitrogen and oxygen atoms in total. The maximum Gasteiger partial charge on any atom is 0.222 e. The minimum Gasteiger partial charge on any atom is -0.347 e. The number of aromatic amines is 1. The third kappa shape index (κ3) is 3.20. The zero-order chi connectivity index (χ0) is 10.6. The van der Waals surface area contributed by atoms with E-state index in [-0.39, 0.29) is 5.91 Å². The summed E-state index contributed by atoms with van der Waals surface area (Å²) in [6.45, 7) is 4.63. The minimum atomic E-state index is 0.163. The van der Waals surface area contributed by atoms with E-state index < -0.39 is 0 Å². The van der Waals surface area contributed by atoms with Gasteiger partial charge in [-0.2, -0.15) is 0 Å². The SMILES string of the molecule is CC(C)CC(=O)N(C)Cc1ncc[nH]1. The largest absolute Gasteiger partial charge is 0.347 e. The molecule has 0 aliphatic rings. The number of amides is 1. The number of nitrogens with one attached hydrogen (secondary N) is 1. The lowest BCUT2D eigenvalue weighted by Crippen LogP contribution is -2.27. The van der Waals surface area contributed by atoms with Crippen molar-refractivity contribution in [2.24, 2.45) is 5.92 Å². The van der Waals surface area contributed by atoms with E-state index in [1.807, 2.05) is 13.8 Å². The first kappa shape index (κ1) is 10.8. The predicted molar refractivity (Wildman–Crippen MR) is 54.5 cm³/mol. The summed E-state index contributed by atoms with van der Waals surface area (Å²) in [7, 11) is 1.80. The summed E-state index contributed by atoms with van der Waals surface area (Å²) in [4.78, 5) is 20.3. The maximum absolute atomic E-state index is 11.6. The van der Waals surface area contributed by atoms with Crippen molar-refractivity contribution in [3.05, 3.63) is 18.2 Å². The van der Waals surface area contributed by atoms with Crippen LogP contribution >= 0.6 is 0 Å². The molecule has 4 heteroatoms. The van der Waals surface area contributed by atoms with Gasteiger partial charge in [0.1, 0.15) is 5.82 Å². The van der Waals surface area contributed by atoms with Crippen LogP contribution in [0, 0.1) is 5.92 Å². The molecule has 0 radical (unpaired) electrons. The van der Waals surface area contributed by atoms with E-state index in [4.69, 9.17) is 0 Å². The number of nitrogens with zero attached hydrogens (tertiary/aromatic N) is 2. The Morgan fingerprint density at radius 1 is 1.64 bits per heavy atom. The van der Waals surface area contributed by atoms with Crippen LogP contribution in [0.4, 0.5) is 0 Å². The molecule has 0 unspecified atom stereocenters. The quantitative estimate of drug-likeness (QED) is 0.789. The number of aromatic nitrogens is 2. The number of imidazole rings is 1. The molecule has 1 amide bonds. The Bertz CT molecular complexity index is 280. The van der Waals surface area contributed by atoms with Crippen molar-refractivity contribution in [2.45, 2.75) is 26.8 Å². The van der Waals surface area contributed by atoms with E-state index in [1.54, 1.807) is 24.3 Å². The van der Waals surface area contributed by atoms with Gasteiger partial charge in [-0.15, -0.1) is 0 Å². The monoisotopic (exact) mass is 195 g/mol. The number of H-pyrrole nitrogens is 1. The Hall–Kier alpha value is -1.32. The number of hydrogen-bond donors (Lipinski definition) is 1. The molecular formula is C10H17N3O. The lowest BCUT2D eigenvalue weighted by atomic mass is 10.1. The number of carbonyl (C=O) groups excluding carboxylic acids is 1. The van der Waals surface area contributed by atoms with Gasteiger partial charge in [-0.05, 0) is 5.92 Å². The molecule has 1 heterocycles. The molecule has 1 N–H and O–H groups in total. The molecule has 0 saturated carbocycles.